The van der Waals surface area contributed by atoms with Crippen LogP contribution in [0.5, 0.6) is 0 Å². The fraction of sp³-hybridized carbons (Fsp3) is 0.294. The molecule has 0 spiro atoms. The largest absolute Gasteiger partial charge is 0.226 e. The maximum atomic E-state index is 12.4. The molecule has 3 aromatic rings. The lowest BCUT2D eigenvalue weighted by Crippen LogP contribution is -2.09. The molecule has 0 unspecified atom stereocenters. The van der Waals surface area contributed by atoms with Crippen LogP contribution in [-0.2, 0) is 9.84 Å². The standard InChI is InChI=1S/C17H18N2O2S3/c1-11-12(2)23-17-15(11)16(18-13(3)19-17)22-9-10-24(20,21)14-7-5-4-6-8-14/h4-8H,9-10H2,1-3H3. The van der Waals surface area contributed by atoms with E-state index in [2.05, 4.69) is 23.8 Å². The second-order valence-corrected chi connectivity index (χ2v) is 9.92. The minimum Gasteiger partial charge on any atom is -0.226 e. The molecule has 0 fully saturated rings. The first-order valence-corrected chi connectivity index (χ1v) is 11.0. The molecule has 7 heteroatoms. The van der Waals surface area contributed by atoms with Crippen molar-refractivity contribution in [1.82, 2.24) is 9.97 Å². The first-order chi connectivity index (χ1) is 11.4. The lowest BCUT2D eigenvalue weighted by Gasteiger charge is -2.06. The summed E-state index contributed by atoms with van der Waals surface area (Å²) in [6, 6.07) is 8.58. The van der Waals surface area contributed by atoms with Gasteiger partial charge in [0.1, 0.15) is 15.7 Å². The summed E-state index contributed by atoms with van der Waals surface area (Å²) in [4.78, 5) is 11.6. The van der Waals surface area contributed by atoms with E-state index in [4.69, 9.17) is 0 Å². The van der Waals surface area contributed by atoms with Crippen molar-refractivity contribution in [2.45, 2.75) is 30.7 Å². The van der Waals surface area contributed by atoms with Gasteiger partial charge in [-0.2, -0.15) is 0 Å². The number of fused-ring (bicyclic) bond motifs is 1. The third-order valence-electron chi connectivity index (χ3n) is 3.80. The van der Waals surface area contributed by atoms with Crippen molar-refractivity contribution in [3.63, 3.8) is 0 Å². The molecular formula is C17H18N2O2S3. The van der Waals surface area contributed by atoms with E-state index in [0.717, 1.165) is 21.1 Å². The van der Waals surface area contributed by atoms with Crippen LogP contribution in [0.25, 0.3) is 10.2 Å². The van der Waals surface area contributed by atoms with Gasteiger partial charge >= 0.3 is 0 Å². The van der Waals surface area contributed by atoms with Crippen LogP contribution in [0.4, 0.5) is 0 Å². The van der Waals surface area contributed by atoms with E-state index in [0.29, 0.717) is 10.6 Å². The Morgan fingerprint density at radius 1 is 1.08 bits per heavy atom. The number of aryl methyl sites for hydroxylation is 3. The number of sulfone groups is 1. The fourth-order valence-electron chi connectivity index (χ4n) is 2.41. The zero-order chi connectivity index (χ0) is 17.3. The molecule has 0 aliphatic carbocycles. The molecule has 0 radical (unpaired) electrons. The third-order valence-corrected chi connectivity index (χ3v) is 7.87. The normalized spacial score (nSPS) is 12.0. The molecule has 126 valence electrons. The highest BCUT2D eigenvalue weighted by Gasteiger charge is 2.17. The van der Waals surface area contributed by atoms with Crippen LogP contribution < -0.4 is 0 Å². The van der Waals surface area contributed by atoms with Gasteiger partial charge in [0, 0.05) is 16.0 Å². The second-order valence-electron chi connectivity index (χ2n) is 5.52. The average molecular weight is 379 g/mol. The minimum atomic E-state index is -3.26. The van der Waals surface area contributed by atoms with Gasteiger partial charge in [0.2, 0.25) is 0 Å². The van der Waals surface area contributed by atoms with E-state index >= 15 is 0 Å². The molecule has 24 heavy (non-hydrogen) atoms. The maximum absolute atomic E-state index is 12.4. The van der Waals surface area contributed by atoms with Crippen LogP contribution >= 0.6 is 23.1 Å². The molecule has 2 aromatic heterocycles. The molecule has 0 saturated heterocycles. The Kier molecular flexibility index (Phi) is 4.94. The fourth-order valence-corrected chi connectivity index (χ4v) is 6.35. The van der Waals surface area contributed by atoms with Gasteiger partial charge in [-0.25, -0.2) is 18.4 Å². The number of aromatic nitrogens is 2. The highest BCUT2D eigenvalue weighted by atomic mass is 32.2. The number of hydrogen-bond acceptors (Lipinski definition) is 6. The summed E-state index contributed by atoms with van der Waals surface area (Å²) in [5, 5.41) is 1.94. The molecule has 0 bridgehead atoms. The summed E-state index contributed by atoms with van der Waals surface area (Å²) in [5.41, 5.74) is 1.18. The average Bonchev–Trinajstić information content (AvgIpc) is 2.82. The third kappa shape index (κ3) is 3.48. The molecule has 3 rings (SSSR count). The van der Waals surface area contributed by atoms with Crippen LogP contribution in [0, 0.1) is 20.8 Å². The van der Waals surface area contributed by atoms with E-state index in [-0.39, 0.29) is 5.75 Å². The summed E-state index contributed by atoms with van der Waals surface area (Å²) < 4.78 is 24.8. The van der Waals surface area contributed by atoms with Gasteiger partial charge in [-0.15, -0.1) is 23.1 Å². The van der Waals surface area contributed by atoms with E-state index in [1.54, 1.807) is 35.6 Å². The van der Waals surface area contributed by atoms with Gasteiger partial charge < -0.3 is 0 Å². The van der Waals surface area contributed by atoms with Crippen LogP contribution in [0.1, 0.15) is 16.3 Å². The van der Waals surface area contributed by atoms with Crippen molar-refractivity contribution in [2.24, 2.45) is 0 Å². The lowest BCUT2D eigenvalue weighted by molar-refractivity contribution is 0.597. The van der Waals surface area contributed by atoms with E-state index in [9.17, 15) is 8.42 Å². The summed E-state index contributed by atoms with van der Waals surface area (Å²) in [6.45, 7) is 6.01. The molecule has 0 N–H and O–H groups in total. The molecule has 2 heterocycles. The van der Waals surface area contributed by atoms with E-state index in [1.807, 2.05) is 13.0 Å². The number of hydrogen-bond donors (Lipinski definition) is 0. The maximum Gasteiger partial charge on any atom is 0.179 e. The smallest absolute Gasteiger partial charge is 0.179 e. The monoisotopic (exact) mass is 378 g/mol. The van der Waals surface area contributed by atoms with Crippen LogP contribution in [-0.4, -0.2) is 29.9 Å². The molecule has 0 aliphatic heterocycles. The first kappa shape index (κ1) is 17.4. The Morgan fingerprint density at radius 2 is 1.79 bits per heavy atom. The van der Waals surface area contributed by atoms with E-state index in [1.165, 1.54) is 22.2 Å². The van der Waals surface area contributed by atoms with Gasteiger partial charge in [-0.1, -0.05) is 18.2 Å². The number of benzene rings is 1. The first-order valence-electron chi connectivity index (χ1n) is 7.53. The van der Waals surface area contributed by atoms with Crippen molar-refractivity contribution in [3.05, 3.63) is 46.6 Å². The summed E-state index contributed by atoms with van der Waals surface area (Å²) in [5.74, 6) is 1.28. The van der Waals surface area contributed by atoms with Crippen molar-refractivity contribution in [3.8, 4) is 0 Å². The van der Waals surface area contributed by atoms with Gasteiger partial charge in [-0.3, -0.25) is 0 Å². The topological polar surface area (TPSA) is 59.9 Å². The zero-order valence-electron chi connectivity index (χ0n) is 13.7. The molecular weight excluding hydrogens is 360 g/mol. The van der Waals surface area contributed by atoms with Crippen molar-refractivity contribution in [1.29, 1.82) is 0 Å². The number of thiophene rings is 1. The molecule has 0 amide bonds. The molecule has 0 saturated carbocycles. The van der Waals surface area contributed by atoms with Crippen molar-refractivity contribution >= 4 is 43.2 Å². The minimum absolute atomic E-state index is 0.0917. The molecule has 1 aromatic carbocycles. The second kappa shape index (κ2) is 6.82. The van der Waals surface area contributed by atoms with Crippen molar-refractivity contribution < 1.29 is 8.42 Å². The van der Waals surface area contributed by atoms with Crippen molar-refractivity contribution in [2.75, 3.05) is 11.5 Å². The highest BCUT2D eigenvalue weighted by molar-refractivity contribution is 8.00. The number of nitrogens with zero attached hydrogens (tertiary/aromatic N) is 2. The van der Waals surface area contributed by atoms with Gasteiger partial charge in [0.25, 0.3) is 0 Å². The Morgan fingerprint density at radius 3 is 2.50 bits per heavy atom. The molecule has 0 aliphatic rings. The molecule has 0 atom stereocenters. The predicted octanol–water partition coefficient (Wildman–Crippen LogP) is 4.18. The summed E-state index contributed by atoms with van der Waals surface area (Å²) >= 11 is 3.15. The van der Waals surface area contributed by atoms with Crippen LogP contribution in [0.3, 0.4) is 0 Å². The highest BCUT2D eigenvalue weighted by Crippen LogP contribution is 2.35. The Labute approximate surface area is 150 Å². The van der Waals surface area contributed by atoms with Gasteiger partial charge in [0.05, 0.1) is 10.6 Å². The summed E-state index contributed by atoms with van der Waals surface area (Å²) in [7, 11) is -3.26. The zero-order valence-corrected chi connectivity index (χ0v) is 16.2. The van der Waals surface area contributed by atoms with Crippen LogP contribution in [0.2, 0.25) is 0 Å². The Balaban J connectivity index is 1.82. The number of thioether (sulfide) groups is 1. The Bertz CT molecular complexity index is 980. The van der Waals surface area contributed by atoms with E-state index < -0.39 is 9.84 Å². The molecule has 4 nitrogen and oxygen atoms in total. The van der Waals surface area contributed by atoms with Gasteiger partial charge in [-0.05, 0) is 38.5 Å². The van der Waals surface area contributed by atoms with Gasteiger partial charge in [0.15, 0.2) is 9.84 Å². The lowest BCUT2D eigenvalue weighted by atomic mass is 10.2. The Hall–Kier alpha value is -1.44. The quantitative estimate of drug-likeness (QED) is 0.492. The summed E-state index contributed by atoms with van der Waals surface area (Å²) in [6.07, 6.45) is 0. The van der Waals surface area contributed by atoms with Crippen LogP contribution in [0.15, 0.2) is 40.3 Å². The number of rotatable bonds is 5. The SMILES string of the molecule is Cc1nc(SCCS(=O)(=O)c2ccccc2)c2c(C)c(C)sc2n1. The predicted molar refractivity (Wildman–Crippen MR) is 101 cm³/mol.